The third-order valence-electron chi connectivity index (χ3n) is 7.26. The van der Waals surface area contributed by atoms with E-state index < -0.39 is 33.8 Å². The zero-order chi connectivity index (χ0) is 32.8. The summed E-state index contributed by atoms with van der Waals surface area (Å²) in [4.78, 5) is 64.2. The number of carbonyl (C=O) groups is 4. The molecule has 1 aliphatic rings. The van der Waals surface area contributed by atoms with Gasteiger partial charge in [-0.15, -0.1) is 11.8 Å². The standard InChI is InChI=1S/C35H30N4O6S/c1-22(2)24-10-8-23(9-11-24)20-30(37-33(41)25-6-4-3-5-7-25)34(42)36-26-12-18-29(19-13-26)46-31-21-32(40)38(35(31)43)27-14-16-28(17-15-27)39(44)45/h3-20,22,31H,21H2,1-2H3,(H,36,42)(H,37,41)/b30-20-. The highest BCUT2D eigenvalue weighted by molar-refractivity contribution is 8.00. The molecule has 2 N–H and O–H groups in total. The second-order valence-corrected chi connectivity index (χ2v) is 12.1. The van der Waals surface area contributed by atoms with Crippen LogP contribution in [0.4, 0.5) is 17.1 Å². The molecular formula is C35H30N4O6S. The minimum atomic E-state index is -0.673. The molecule has 46 heavy (non-hydrogen) atoms. The minimum Gasteiger partial charge on any atom is -0.321 e. The Morgan fingerprint density at radius 1 is 0.913 bits per heavy atom. The van der Waals surface area contributed by atoms with Crippen molar-refractivity contribution in [3.05, 3.63) is 136 Å². The van der Waals surface area contributed by atoms with Crippen molar-refractivity contribution in [2.75, 3.05) is 10.2 Å². The molecule has 0 aliphatic carbocycles. The van der Waals surface area contributed by atoms with E-state index in [1.54, 1.807) is 60.7 Å². The smallest absolute Gasteiger partial charge is 0.272 e. The molecule has 1 heterocycles. The van der Waals surface area contributed by atoms with Crippen LogP contribution in [0.25, 0.3) is 6.08 Å². The molecule has 10 nitrogen and oxygen atoms in total. The van der Waals surface area contributed by atoms with E-state index >= 15 is 0 Å². The number of nitro groups is 1. The van der Waals surface area contributed by atoms with E-state index in [1.807, 2.05) is 24.3 Å². The maximum atomic E-state index is 13.4. The molecule has 1 aliphatic heterocycles. The number of anilines is 2. The van der Waals surface area contributed by atoms with Crippen LogP contribution < -0.4 is 15.5 Å². The van der Waals surface area contributed by atoms with Gasteiger partial charge in [-0.1, -0.05) is 56.3 Å². The highest BCUT2D eigenvalue weighted by Gasteiger charge is 2.40. The van der Waals surface area contributed by atoms with Crippen LogP contribution in [0.3, 0.4) is 0 Å². The number of nitrogens with one attached hydrogen (secondary N) is 2. The summed E-state index contributed by atoms with van der Waals surface area (Å²) in [5.41, 5.74) is 2.97. The molecule has 1 atom stereocenters. The monoisotopic (exact) mass is 634 g/mol. The molecule has 1 fully saturated rings. The third-order valence-corrected chi connectivity index (χ3v) is 8.45. The predicted octanol–water partition coefficient (Wildman–Crippen LogP) is 6.55. The van der Waals surface area contributed by atoms with Crippen LogP contribution in [0, 0.1) is 10.1 Å². The molecular weight excluding hydrogens is 604 g/mol. The summed E-state index contributed by atoms with van der Waals surface area (Å²) in [5.74, 6) is -1.40. The van der Waals surface area contributed by atoms with E-state index in [0.717, 1.165) is 16.0 Å². The molecule has 0 aromatic heterocycles. The lowest BCUT2D eigenvalue weighted by Gasteiger charge is -2.15. The summed E-state index contributed by atoms with van der Waals surface area (Å²) in [6, 6.07) is 28.4. The number of hydrogen-bond acceptors (Lipinski definition) is 7. The van der Waals surface area contributed by atoms with Crippen molar-refractivity contribution in [2.45, 2.75) is 36.3 Å². The Morgan fingerprint density at radius 2 is 1.57 bits per heavy atom. The van der Waals surface area contributed by atoms with Crippen molar-refractivity contribution >= 4 is 58.5 Å². The van der Waals surface area contributed by atoms with Crippen LogP contribution in [0.1, 0.15) is 47.7 Å². The second-order valence-electron chi connectivity index (χ2n) is 10.8. The second kappa shape index (κ2) is 14.0. The van der Waals surface area contributed by atoms with Gasteiger partial charge in [-0.05, 0) is 71.7 Å². The summed E-state index contributed by atoms with van der Waals surface area (Å²) in [6.07, 6.45) is 1.59. The van der Waals surface area contributed by atoms with Crippen molar-refractivity contribution in [3.8, 4) is 0 Å². The Bertz CT molecular complexity index is 1810. The van der Waals surface area contributed by atoms with Crippen molar-refractivity contribution in [1.82, 2.24) is 5.32 Å². The van der Waals surface area contributed by atoms with Crippen molar-refractivity contribution < 1.29 is 24.1 Å². The number of hydrogen-bond donors (Lipinski definition) is 2. The summed E-state index contributed by atoms with van der Waals surface area (Å²) >= 11 is 1.21. The number of benzene rings is 4. The largest absolute Gasteiger partial charge is 0.321 e. The van der Waals surface area contributed by atoms with E-state index in [9.17, 15) is 29.3 Å². The molecule has 4 amide bonds. The molecule has 4 aromatic carbocycles. The summed E-state index contributed by atoms with van der Waals surface area (Å²) in [5, 5.41) is 15.8. The molecule has 0 saturated carbocycles. The Morgan fingerprint density at radius 3 is 2.17 bits per heavy atom. The maximum absolute atomic E-state index is 13.4. The van der Waals surface area contributed by atoms with Crippen LogP contribution in [-0.4, -0.2) is 33.8 Å². The first-order chi connectivity index (χ1) is 22.1. The lowest BCUT2D eigenvalue weighted by atomic mass is 10.0. The number of amides is 4. The first-order valence-electron chi connectivity index (χ1n) is 14.5. The predicted molar refractivity (Wildman–Crippen MR) is 177 cm³/mol. The van der Waals surface area contributed by atoms with Gasteiger partial charge in [0.25, 0.3) is 17.5 Å². The van der Waals surface area contributed by atoms with E-state index in [0.29, 0.717) is 22.1 Å². The fraction of sp³-hybridized carbons (Fsp3) is 0.143. The molecule has 0 spiro atoms. The van der Waals surface area contributed by atoms with E-state index in [2.05, 4.69) is 24.5 Å². The molecule has 11 heteroatoms. The number of thioether (sulfide) groups is 1. The molecule has 0 radical (unpaired) electrons. The van der Waals surface area contributed by atoms with Crippen molar-refractivity contribution in [2.24, 2.45) is 0 Å². The first-order valence-corrected chi connectivity index (χ1v) is 15.3. The first kappa shape index (κ1) is 31.9. The van der Waals surface area contributed by atoms with Gasteiger partial charge in [0.1, 0.15) is 5.70 Å². The van der Waals surface area contributed by atoms with Gasteiger partial charge >= 0.3 is 0 Å². The number of carbonyl (C=O) groups excluding carboxylic acids is 4. The van der Waals surface area contributed by atoms with Gasteiger partial charge < -0.3 is 10.6 Å². The molecule has 232 valence electrons. The average Bonchev–Trinajstić information content (AvgIpc) is 3.33. The molecule has 1 unspecified atom stereocenters. The average molecular weight is 635 g/mol. The summed E-state index contributed by atoms with van der Waals surface area (Å²) < 4.78 is 0. The summed E-state index contributed by atoms with van der Waals surface area (Å²) in [7, 11) is 0. The Hall–Kier alpha value is -5.55. The van der Waals surface area contributed by atoms with Gasteiger partial charge in [0.2, 0.25) is 11.8 Å². The van der Waals surface area contributed by atoms with Crippen LogP contribution >= 0.6 is 11.8 Å². The highest BCUT2D eigenvalue weighted by Crippen LogP contribution is 2.35. The van der Waals surface area contributed by atoms with Crippen LogP contribution in [-0.2, 0) is 14.4 Å². The van der Waals surface area contributed by atoms with Gasteiger partial charge in [0.05, 0.1) is 15.9 Å². The minimum absolute atomic E-state index is 0.0214. The summed E-state index contributed by atoms with van der Waals surface area (Å²) in [6.45, 7) is 4.19. The quantitative estimate of drug-likeness (QED) is 0.0873. The number of imide groups is 1. The fourth-order valence-corrected chi connectivity index (χ4v) is 5.81. The van der Waals surface area contributed by atoms with E-state index in [1.165, 1.54) is 36.0 Å². The topological polar surface area (TPSA) is 139 Å². The third kappa shape index (κ3) is 7.56. The molecule has 0 bridgehead atoms. The van der Waals surface area contributed by atoms with Crippen LogP contribution in [0.15, 0.2) is 114 Å². The van der Waals surface area contributed by atoms with E-state index in [4.69, 9.17) is 0 Å². The normalized spacial score (nSPS) is 14.8. The fourth-order valence-electron chi connectivity index (χ4n) is 4.76. The van der Waals surface area contributed by atoms with Gasteiger partial charge in [-0.2, -0.15) is 0 Å². The SMILES string of the molecule is CC(C)c1ccc(/C=C(\NC(=O)c2ccccc2)C(=O)Nc2ccc(SC3CC(=O)N(c4ccc([N+](=O)[O-])cc4)C3=O)cc2)cc1. The van der Waals surface area contributed by atoms with Gasteiger partial charge in [0, 0.05) is 34.7 Å². The van der Waals surface area contributed by atoms with Crippen LogP contribution in [0.2, 0.25) is 0 Å². The lowest BCUT2D eigenvalue weighted by molar-refractivity contribution is -0.384. The number of nitro benzene ring substituents is 1. The zero-order valence-corrected chi connectivity index (χ0v) is 25.8. The van der Waals surface area contributed by atoms with Gasteiger partial charge in [0.15, 0.2) is 0 Å². The molecule has 1 saturated heterocycles. The van der Waals surface area contributed by atoms with E-state index in [-0.39, 0.29) is 23.5 Å². The molecule has 4 aromatic rings. The Kier molecular flexibility index (Phi) is 9.73. The Balaban J connectivity index is 1.27. The number of nitrogens with zero attached hydrogens (tertiary/aromatic N) is 2. The van der Waals surface area contributed by atoms with Crippen LogP contribution in [0.5, 0.6) is 0 Å². The van der Waals surface area contributed by atoms with Crippen molar-refractivity contribution in [3.63, 3.8) is 0 Å². The Labute approximate surface area is 269 Å². The maximum Gasteiger partial charge on any atom is 0.272 e. The highest BCUT2D eigenvalue weighted by atomic mass is 32.2. The van der Waals surface area contributed by atoms with Crippen molar-refractivity contribution in [1.29, 1.82) is 0 Å². The van der Waals surface area contributed by atoms with Gasteiger partial charge in [-0.25, -0.2) is 4.90 Å². The number of non-ortho nitro benzene ring substituents is 1. The molecule has 5 rings (SSSR count). The number of rotatable bonds is 10. The lowest BCUT2D eigenvalue weighted by Crippen LogP contribution is -2.31. The zero-order valence-electron chi connectivity index (χ0n) is 25.0. The van der Waals surface area contributed by atoms with Gasteiger partial charge in [-0.3, -0.25) is 29.3 Å².